The van der Waals surface area contributed by atoms with Crippen LogP contribution in [0, 0.1) is 0 Å². The summed E-state index contributed by atoms with van der Waals surface area (Å²) >= 11 is 0. The third-order valence-corrected chi connectivity index (χ3v) is 3.04. The van der Waals surface area contributed by atoms with Crippen LogP contribution in [-0.2, 0) is 16.7 Å². The summed E-state index contributed by atoms with van der Waals surface area (Å²) in [6.45, 7) is 0.973. The Morgan fingerprint density at radius 1 is 1.24 bits per heavy atom. The van der Waals surface area contributed by atoms with Crippen LogP contribution < -0.4 is 0 Å². The minimum Gasteiger partial charge on any atom is -0.741 e. The van der Waals surface area contributed by atoms with Gasteiger partial charge in [0.2, 0.25) is 0 Å². The van der Waals surface area contributed by atoms with Gasteiger partial charge in [-0.2, -0.15) is 13.2 Å². The lowest BCUT2D eigenvalue weighted by atomic mass is 10.2. The fraction of sp³-hybridized carbons (Fsp3) is 0.250. The Kier molecular flexibility index (Phi) is 5.26. The van der Waals surface area contributed by atoms with Gasteiger partial charge in [-0.25, -0.2) is 13.4 Å². The molecule has 1 aliphatic rings. The summed E-state index contributed by atoms with van der Waals surface area (Å²) in [6, 6.07) is 10.5. The molecule has 0 aliphatic carbocycles. The highest BCUT2D eigenvalue weighted by atomic mass is 32.2. The monoisotopic (exact) mass is 322 g/mol. The maximum absolute atomic E-state index is 10.7. The van der Waals surface area contributed by atoms with Crippen LogP contribution in [-0.4, -0.2) is 36.3 Å². The van der Waals surface area contributed by atoms with Crippen LogP contribution in [0.15, 0.2) is 47.7 Å². The highest BCUT2D eigenvalue weighted by Gasteiger charge is 2.36. The Morgan fingerprint density at radius 2 is 1.76 bits per heavy atom. The molecule has 1 atom stereocenters. The minimum absolute atomic E-state index is 0.768. The molecule has 9 heteroatoms. The van der Waals surface area contributed by atoms with Crippen LogP contribution in [0.4, 0.5) is 13.2 Å². The van der Waals surface area contributed by atoms with Crippen LogP contribution >= 0.6 is 0 Å². The van der Waals surface area contributed by atoms with Crippen molar-refractivity contribution in [2.24, 2.45) is 4.99 Å². The molecule has 0 radical (unpaired) electrons. The van der Waals surface area contributed by atoms with Gasteiger partial charge >= 0.3 is 5.51 Å². The van der Waals surface area contributed by atoms with E-state index in [0.29, 0.717) is 0 Å². The summed E-state index contributed by atoms with van der Waals surface area (Å²) in [7, 11) is -3.95. The number of hydrogen-bond donors (Lipinski definition) is 0. The number of halogens is 3. The predicted octanol–water partition coefficient (Wildman–Crippen LogP) is 2.20. The number of aliphatic imine (C=N–C) groups is 1. The van der Waals surface area contributed by atoms with E-state index in [2.05, 4.69) is 42.5 Å². The Hall–Kier alpha value is -1.71. The SMILES string of the molecule is C[N+]1(Cc2ccccc2)C=CN=C1.O=S(=O)([O-])C(F)(F)F. The van der Waals surface area contributed by atoms with Gasteiger partial charge in [0.05, 0.1) is 13.2 Å². The van der Waals surface area contributed by atoms with E-state index in [4.69, 9.17) is 13.0 Å². The fourth-order valence-corrected chi connectivity index (χ4v) is 1.49. The number of rotatable bonds is 2. The second kappa shape index (κ2) is 6.37. The quantitative estimate of drug-likeness (QED) is 0.476. The summed E-state index contributed by atoms with van der Waals surface area (Å²) < 4.78 is 59.7. The molecular formula is C12H13F3N2O3S. The first-order valence-corrected chi connectivity index (χ1v) is 7.07. The van der Waals surface area contributed by atoms with Crippen molar-refractivity contribution in [3.8, 4) is 0 Å². The zero-order valence-electron chi connectivity index (χ0n) is 11.0. The number of quaternary nitrogens is 1. The lowest BCUT2D eigenvalue weighted by Crippen LogP contribution is -2.33. The molecule has 0 amide bonds. The van der Waals surface area contributed by atoms with Crippen LogP contribution in [0.5, 0.6) is 0 Å². The van der Waals surface area contributed by atoms with Gasteiger partial charge in [0.15, 0.2) is 16.5 Å². The van der Waals surface area contributed by atoms with E-state index in [1.165, 1.54) is 5.56 Å². The van der Waals surface area contributed by atoms with Gasteiger partial charge < -0.3 is 4.55 Å². The van der Waals surface area contributed by atoms with Gasteiger partial charge in [0.25, 0.3) is 0 Å². The largest absolute Gasteiger partial charge is 0.741 e. The van der Waals surface area contributed by atoms with E-state index in [1.807, 2.05) is 18.6 Å². The van der Waals surface area contributed by atoms with Crippen molar-refractivity contribution in [2.75, 3.05) is 7.05 Å². The number of alkyl halides is 3. The lowest BCUT2D eigenvalue weighted by Gasteiger charge is -2.21. The van der Waals surface area contributed by atoms with E-state index in [1.54, 1.807) is 0 Å². The zero-order chi connectivity index (χ0) is 16.1. The molecule has 1 unspecified atom stereocenters. The number of hydrogen-bond acceptors (Lipinski definition) is 4. The highest BCUT2D eigenvalue weighted by Crippen LogP contribution is 2.20. The highest BCUT2D eigenvalue weighted by molar-refractivity contribution is 7.86. The predicted molar refractivity (Wildman–Crippen MR) is 69.7 cm³/mol. The molecule has 0 spiro atoms. The lowest BCUT2D eigenvalue weighted by molar-refractivity contribution is -0.771. The van der Waals surface area contributed by atoms with Crippen molar-refractivity contribution >= 4 is 16.5 Å². The summed E-state index contributed by atoms with van der Waals surface area (Å²) in [5, 5.41) is 0. The molecule has 0 bridgehead atoms. The first-order valence-electron chi connectivity index (χ1n) is 5.66. The van der Waals surface area contributed by atoms with Crippen LogP contribution in [0.3, 0.4) is 0 Å². The first kappa shape index (κ1) is 17.3. The smallest absolute Gasteiger partial charge is 0.485 e. The van der Waals surface area contributed by atoms with E-state index < -0.39 is 15.6 Å². The minimum atomic E-state index is -6.09. The molecule has 1 heterocycles. The van der Waals surface area contributed by atoms with Crippen LogP contribution in [0.25, 0.3) is 0 Å². The zero-order valence-corrected chi connectivity index (χ0v) is 11.8. The third kappa shape index (κ3) is 5.66. The van der Waals surface area contributed by atoms with Gasteiger partial charge in [-0.15, -0.1) is 0 Å². The Labute approximate surface area is 120 Å². The molecular weight excluding hydrogens is 309 g/mol. The molecule has 1 aromatic rings. The van der Waals surface area contributed by atoms with Crippen molar-refractivity contribution in [1.82, 2.24) is 0 Å². The topological polar surface area (TPSA) is 69.6 Å². The van der Waals surface area contributed by atoms with Gasteiger partial charge in [0, 0.05) is 5.56 Å². The van der Waals surface area contributed by atoms with Crippen LogP contribution in [0.1, 0.15) is 5.56 Å². The Bertz CT molecular complexity index is 613. The van der Waals surface area contributed by atoms with Crippen molar-refractivity contribution in [1.29, 1.82) is 0 Å². The number of nitrogens with zero attached hydrogens (tertiary/aromatic N) is 2. The van der Waals surface area contributed by atoms with E-state index in [0.717, 1.165) is 11.0 Å². The third-order valence-electron chi connectivity index (χ3n) is 2.47. The molecule has 0 fully saturated rings. The second-order valence-corrected chi connectivity index (χ2v) is 5.82. The standard InChI is InChI=1S/C11H13N2.CHF3O3S/c1-13(8-7-12-10-13)9-11-5-3-2-4-6-11;2-1(3,4)8(5,6)7/h2-8,10H,9H2,1H3;(H,5,6,7)/q+1;/p-1. The molecule has 116 valence electrons. The molecule has 1 aliphatic heterocycles. The molecule has 0 saturated heterocycles. The van der Waals surface area contributed by atoms with Crippen molar-refractivity contribution in [3.63, 3.8) is 0 Å². The van der Waals surface area contributed by atoms with Gasteiger partial charge in [-0.3, -0.25) is 4.48 Å². The maximum atomic E-state index is 10.7. The second-order valence-electron chi connectivity index (χ2n) is 4.45. The van der Waals surface area contributed by atoms with E-state index in [-0.39, 0.29) is 0 Å². The summed E-state index contributed by atoms with van der Waals surface area (Å²) in [6.07, 6.45) is 5.89. The Balaban J connectivity index is 0.000000240. The molecule has 21 heavy (non-hydrogen) atoms. The number of benzene rings is 1. The Morgan fingerprint density at radius 3 is 2.14 bits per heavy atom. The summed E-state index contributed by atoms with van der Waals surface area (Å²) in [5.74, 6) is 0. The molecule has 0 saturated carbocycles. The van der Waals surface area contributed by atoms with Crippen molar-refractivity contribution in [3.05, 3.63) is 48.3 Å². The molecule has 2 rings (SSSR count). The molecule has 5 nitrogen and oxygen atoms in total. The van der Waals surface area contributed by atoms with Crippen molar-refractivity contribution in [2.45, 2.75) is 12.1 Å². The van der Waals surface area contributed by atoms with E-state index >= 15 is 0 Å². The van der Waals surface area contributed by atoms with E-state index in [9.17, 15) is 13.2 Å². The fourth-order valence-electron chi connectivity index (χ4n) is 1.49. The normalized spacial score (nSPS) is 21.0. The average molecular weight is 322 g/mol. The molecule has 1 aromatic carbocycles. The van der Waals surface area contributed by atoms with Crippen LogP contribution in [0.2, 0.25) is 0 Å². The van der Waals surface area contributed by atoms with Gasteiger partial charge in [0.1, 0.15) is 12.7 Å². The summed E-state index contributed by atoms with van der Waals surface area (Å²) in [5.41, 5.74) is -4.31. The maximum Gasteiger partial charge on any atom is 0.485 e. The molecule has 0 N–H and O–H groups in total. The van der Waals surface area contributed by atoms with Gasteiger partial charge in [-0.05, 0) is 0 Å². The summed E-state index contributed by atoms with van der Waals surface area (Å²) in [4.78, 5) is 4.10. The average Bonchev–Trinajstić information content (AvgIpc) is 2.75. The molecule has 0 aromatic heterocycles. The van der Waals surface area contributed by atoms with Gasteiger partial charge in [-0.1, -0.05) is 30.3 Å². The van der Waals surface area contributed by atoms with Crippen molar-refractivity contribution < 1.29 is 30.6 Å². The first-order chi connectivity index (χ1) is 9.54.